The smallest absolute Gasteiger partial charge is 0.262 e. The fraction of sp³-hybridized carbons (Fsp3) is 0.154. The van der Waals surface area contributed by atoms with Crippen LogP contribution >= 0.6 is 38.5 Å². The molecule has 0 aromatic heterocycles. The van der Waals surface area contributed by atoms with Gasteiger partial charge in [-0.25, -0.2) is 0 Å². The second kappa shape index (κ2) is 12.4. The summed E-state index contributed by atoms with van der Waals surface area (Å²) < 4.78 is 18.4. The molecular weight excluding hydrogens is 611 g/mol. The predicted molar refractivity (Wildman–Crippen MR) is 143 cm³/mol. The van der Waals surface area contributed by atoms with Crippen LogP contribution in [-0.4, -0.2) is 20.1 Å². The Morgan fingerprint density at radius 3 is 2.32 bits per heavy atom. The minimum Gasteiger partial charge on any atom is -0.497 e. The van der Waals surface area contributed by atoms with Crippen molar-refractivity contribution >= 4 is 50.5 Å². The van der Waals surface area contributed by atoms with Gasteiger partial charge < -0.3 is 19.5 Å². The molecule has 3 aromatic rings. The van der Waals surface area contributed by atoms with Gasteiger partial charge in [-0.05, 0) is 81.8 Å². The lowest BCUT2D eigenvalue weighted by Gasteiger charge is -2.13. The minimum atomic E-state index is -0.469. The molecule has 34 heavy (non-hydrogen) atoms. The van der Waals surface area contributed by atoms with E-state index in [1.54, 1.807) is 26.4 Å². The van der Waals surface area contributed by atoms with Crippen molar-refractivity contribution in [2.24, 2.45) is 0 Å². The number of carbonyl (C=O) groups is 1. The molecular formula is C26H22BrIN2O4. The molecule has 3 aromatic carbocycles. The predicted octanol–water partition coefficient (Wildman–Crippen LogP) is 5.87. The average molecular weight is 633 g/mol. The highest BCUT2D eigenvalue weighted by atomic mass is 127. The Labute approximate surface area is 220 Å². The molecule has 3 rings (SSSR count). The maximum Gasteiger partial charge on any atom is 0.262 e. The van der Waals surface area contributed by atoms with Crippen molar-refractivity contribution in [3.63, 3.8) is 0 Å². The van der Waals surface area contributed by atoms with Crippen LogP contribution in [0.5, 0.6) is 17.2 Å². The molecule has 0 heterocycles. The Kier molecular flexibility index (Phi) is 9.36. The van der Waals surface area contributed by atoms with Crippen molar-refractivity contribution in [1.82, 2.24) is 5.32 Å². The zero-order valence-corrected chi connectivity index (χ0v) is 22.3. The van der Waals surface area contributed by atoms with Crippen LogP contribution in [0, 0.1) is 14.9 Å². The number of rotatable bonds is 9. The van der Waals surface area contributed by atoms with E-state index in [4.69, 9.17) is 14.2 Å². The summed E-state index contributed by atoms with van der Waals surface area (Å²) in [6, 6.07) is 20.8. The van der Waals surface area contributed by atoms with Gasteiger partial charge in [-0.15, -0.1) is 0 Å². The number of benzene rings is 3. The van der Waals surface area contributed by atoms with Crippen molar-refractivity contribution < 1.29 is 19.0 Å². The van der Waals surface area contributed by atoms with Gasteiger partial charge in [-0.2, -0.15) is 5.26 Å². The van der Waals surface area contributed by atoms with Crippen LogP contribution in [-0.2, 0) is 17.9 Å². The summed E-state index contributed by atoms with van der Waals surface area (Å²) in [7, 11) is 3.14. The first-order valence-electron chi connectivity index (χ1n) is 10.2. The molecule has 1 amide bonds. The summed E-state index contributed by atoms with van der Waals surface area (Å²) in [6.07, 6.45) is 1.51. The molecule has 0 unspecified atom stereocenters. The fourth-order valence-corrected chi connectivity index (χ4v) is 3.80. The summed E-state index contributed by atoms with van der Waals surface area (Å²) in [5.74, 6) is 1.31. The highest BCUT2D eigenvalue weighted by molar-refractivity contribution is 14.1. The third-order valence-corrected chi connectivity index (χ3v) is 6.27. The molecule has 0 atom stereocenters. The van der Waals surface area contributed by atoms with E-state index in [-0.39, 0.29) is 12.1 Å². The Balaban J connectivity index is 1.73. The summed E-state index contributed by atoms with van der Waals surface area (Å²) in [5.41, 5.74) is 2.52. The number of nitriles is 1. The SMILES string of the molecule is COc1ccc(CNC(=O)/C(C#N)=C\c2cc(OC)c(OCc3ccc(I)cc3)cc2Br)cc1. The molecule has 0 saturated carbocycles. The summed E-state index contributed by atoms with van der Waals surface area (Å²) >= 11 is 5.76. The lowest BCUT2D eigenvalue weighted by atomic mass is 10.1. The number of nitrogens with one attached hydrogen (secondary N) is 1. The van der Waals surface area contributed by atoms with E-state index in [9.17, 15) is 10.1 Å². The van der Waals surface area contributed by atoms with Crippen molar-refractivity contribution in [2.75, 3.05) is 14.2 Å². The number of carbonyl (C=O) groups excluding carboxylic acids is 1. The van der Waals surface area contributed by atoms with Gasteiger partial charge >= 0.3 is 0 Å². The van der Waals surface area contributed by atoms with E-state index >= 15 is 0 Å². The van der Waals surface area contributed by atoms with Crippen molar-refractivity contribution in [3.8, 4) is 23.3 Å². The van der Waals surface area contributed by atoms with Crippen LogP contribution < -0.4 is 19.5 Å². The van der Waals surface area contributed by atoms with Crippen molar-refractivity contribution in [1.29, 1.82) is 5.26 Å². The maximum absolute atomic E-state index is 12.6. The van der Waals surface area contributed by atoms with Gasteiger partial charge in [0.15, 0.2) is 11.5 Å². The molecule has 1 N–H and O–H groups in total. The fourth-order valence-electron chi connectivity index (χ4n) is 3.00. The van der Waals surface area contributed by atoms with Gasteiger partial charge in [0.1, 0.15) is 24.0 Å². The van der Waals surface area contributed by atoms with Crippen LogP contribution in [0.25, 0.3) is 6.08 Å². The number of methoxy groups -OCH3 is 2. The van der Waals surface area contributed by atoms with Crippen LogP contribution in [0.3, 0.4) is 0 Å². The largest absolute Gasteiger partial charge is 0.497 e. The lowest BCUT2D eigenvalue weighted by Crippen LogP contribution is -2.23. The number of hydrogen-bond donors (Lipinski definition) is 1. The highest BCUT2D eigenvalue weighted by Gasteiger charge is 2.14. The standard InChI is InChI=1S/C26H22BrIN2O4/c1-32-22-9-5-17(6-10-22)15-30-26(31)20(14-29)11-19-12-24(33-2)25(13-23(19)27)34-16-18-3-7-21(28)8-4-18/h3-13H,15-16H2,1-2H3,(H,30,31)/b20-11-. The summed E-state index contributed by atoms with van der Waals surface area (Å²) in [5, 5.41) is 12.3. The van der Waals surface area contributed by atoms with E-state index in [2.05, 4.69) is 43.8 Å². The molecule has 0 spiro atoms. The molecule has 6 nitrogen and oxygen atoms in total. The van der Waals surface area contributed by atoms with E-state index < -0.39 is 5.91 Å². The number of nitrogens with zero attached hydrogens (tertiary/aromatic N) is 1. The van der Waals surface area contributed by atoms with Crippen LogP contribution in [0.2, 0.25) is 0 Å². The van der Waals surface area contributed by atoms with Gasteiger partial charge in [0.05, 0.1) is 14.2 Å². The van der Waals surface area contributed by atoms with Gasteiger partial charge in [0.2, 0.25) is 0 Å². The molecule has 174 valence electrons. The van der Waals surface area contributed by atoms with Crippen LogP contribution in [0.15, 0.2) is 70.7 Å². The summed E-state index contributed by atoms with van der Waals surface area (Å²) in [4.78, 5) is 12.6. The molecule has 0 aliphatic rings. The maximum atomic E-state index is 12.6. The quantitative estimate of drug-likeness (QED) is 0.181. The first kappa shape index (κ1) is 25.6. The van der Waals surface area contributed by atoms with E-state index in [1.807, 2.05) is 54.6 Å². The molecule has 0 bridgehead atoms. The van der Waals surface area contributed by atoms with Crippen LogP contribution in [0.4, 0.5) is 0 Å². The summed E-state index contributed by atoms with van der Waals surface area (Å²) in [6.45, 7) is 0.670. The van der Waals surface area contributed by atoms with Crippen molar-refractivity contribution in [3.05, 3.63) is 91.0 Å². The third-order valence-electron chi connectivity index (χ3n) is 4.87. The zero-order valence-electron chi connectivity index (χ0n) is 18.6. The first-order chi connectivity index (χ1) is 16.4. The van der Waals surface area contributed by atoms with Crippen molar-refractivity contribution in [2.45, 2.75) is 13.2 Å². The Morgan fingerprint density at radius 2 is 1.71 bits per heavy atom. The molecule has 0 saturated heterocycles. The molecule has 8 heteroatoms. The zero-order chi connectivity index (χ0) is 24.5. The minimum absolute atomic E-state index is 0.0242. The molecule has 0 radical (unpaired) electrons. The monoisotopic (exact) mass is 632 g/mol. The number of ether oxygens (including phenoxy) is 3. The second-order valence-electron chi connectivity index (χ2n) is 7.14. The number of hydrogen-bond acceptors (Lipinski definition) is 5. The molecule has 0 fully saturated rings. The highest BCUT2D eigenvalue weighted by Crippen LogP contribution is 2.35. The second-order valence-corrected chi connectivity index (χ2v) is 9.24. The van der Waals surface area contributed by atoms with Crippen LogP contribution in [0.1, 0.15) is 16.7 Å². The van der Waals surface area contributed by atoms with E-state index in [0.29, 0.717) is 28.1 Å². The Morgan fingerprint density at radius 1 is 1.03 bits per heavy atom. The Bertz CT molecular complexity index is 1220. The normalized spacial score (nSPS) is 10.9. The van der Waals surface area contributed by atoms with Gasteiger partial charge in [-0.1, -0.05) is 40.2 Å². The molecule has 0 aliphatic heterocycles. The number of halogens is 2. The molecule has 0 aliphatic carbocycles. The first-order valence-corrected chi connectivity index (χ1v) is 12.1. The van der Waals surface area contributed by atoms with E-state index in [0.717, 1.165) is 20.4 Å². The van der Waals surface area contributed by atoms with Gasteiger partial charge in [0.25, 0.3) is 5.91 Å². The number of amides is 1. The lowest BCUT2D eigenvalue weighted by molar-refractivity contribution is -0.117. The topological polar surface area (TPSA) is 80.6 Å². The van der Waals surface area contributed by atoms with E-state index in [1.165, 1.54) is 6.08 Å². The third kappa shape index (κ3) is 6.98. The van der Waals surface area contributed by atoms with Gasteiger partial charge in [-0.3, -0.25) is 4.79 Å². The van der Waals surface area contributed by atoms with Gasteiger partial charge in [0, 0.05) is 14.6 Å². The average Bonchev–Trinajstić information content (AvgIpc) is 2.86. The Hall–Kier alpha value is -3.03.